The number of ether oxygens (including phenoxy) is 3. The topological polar surface area (TPSA) is 454 Å². The fourth-order valence-electron chi connectivity index (χ4n) is 11.3. The van der Waals surface area contributed by atoms with Gasteiger partial charge < -0.3 is 87.5 Å². The minimum atomic E-state index is -2.08. The summed E-state index contributed by atoms with van der Waals surface area (Å²) in [5, 5.41) is 62.1. The lowest BCUT2D eigenvalue weighted by atomic mass is 9.81. The third kappa shape index (κ3) is 16.2. The quantitative estimate of drug-likeness (QED) is 0.0141. The van der Waals surface area contributed by atoms with E-state index in [1.165, 1.54) is 17.6 Å². The number of cyclic esters (lactones) is 1. The van der Waals surface area contributed by atoms with Crippen LogP contribution in [-0.4, -0.2) is 177 Å². The number of halogens is 1. The summed E-state index contributed by atoms with van der Waals surface area (Å²) >= 11 is 0. The number of aliphatic hydroxyl groups excluding tert-OH is 3. The van der Waals surface area contributed by atoms with Crippen LogP contribution in [0.2, 0.25) is 0 Å². The maximum atomic E-state index is 15.5. The summed E-state index contributed by atoms with van der Waals surface area (Å²) in [6, 6.07) is -1.85. The summed E-state index contributed by atoms with van der Waals surface area (Å²) in [7, 11) is 0. The van der Waals surface area contributed by atoms with Crippen LogP contribution < -0.4 is 53.8 Å². The van der Waals surface area contributed by atoms with Gasteiger partial charge in [-0.25, -0.2) is 14.2 Å². The molecule has 0 spiro atoms. The number of nitrogens with two attached hydrogens (primary N) is 1. The van der Waals surface area contributed by atoms with Gasteiger partial charge in [-0.1, -0.05) is 20.8 Å². The first-order chi connectivity index (χ1) is 42.9. The zero-order valence-corrected chi connectivity index (χ0v) is 51.6. The normalized spacial score (nSPS) is 20.6. The standard InChI is InChI=1S/C60H80FN11O19/c1-8-60(88)34-17-39-50-32(22-72(39)56(85)33(34)24-90-58(60)87)48-36(11-10-31-28(4)35(61)18-38(69-50)47(31)48)70-57(86)59(6,7)25-89-26-66-53(82)29(5)67-55(84)49(27(2)3)71-54(83)37(12-14-44(77)64-20-41-52(81)51(80)40(91-41)19-42(62)75)68-45(78)15-16-63-46(79)21-65-43(76)13-9-30(74)23-73/h17-18,27,29,36-37,40-41,49,51-52,73,80-81,88H,8-16,19-26H2,1-7H3,(H2,62,75)(H,63,79)(H,64,77)(H,65,76)(H,66,82)(H,67,84)(H,68,78)(H,70,86)(H,71,83)/t29-,36-,37-,40-,41+,49-,51-,52+,60-/m0/s1. The molecule has 496 valence electrons. The largest absolute Gasteiger partial charge is 0.458 e. The average molecular weight is 1280 g/mol. The van der Waals surface area contributed by atoms with Crippen molar-refractivity contribution in [2.45, 2.75) is 174 Å². The van der Waals surface area contributed by atoms with Gasteiger partial charge in [-0.3, -0.25) is 52.7 Å². The molecule has 0 saturated carbocycles. The van der Waals surface area contributed by atoms with Gasteiger partial charge in [-0.2, -0.15) is 0 Å². The van der Waals surface area contributed by atoms with Gasteiger partial charge in [0.2, 0.25) is 53.2 Å². The minimum absolute atomic E-state index is 0.0275. The number of esters is 1. The number of aryl methyl sites for hydroxylation is 1. The fraction of sp³-hybridized carbons (Fsp3) is 0.583. The van der Waals surface area contributed by atoms with E-state index in [4.69, 9.17) is 30.0 Å². The van der Waals surface area contributed by atoms with Crippen molar-refractivity contribution in [3.63, 3.8) is 0 Å². The van der Waals surface area contributed by atoms with Crippen LogP contribution in [0.4, 0.5) is 4.39 Å². The number of aromatic nitrogens is 2. The number of carbonyl (C=O) groups is 11. The van der Waals surface area contributed by atoms with Crippen molar-refractivity contribution in [3.8, 4) is 11.4 Å². The highest BCUT2D eigenvalue weighted by Crippen LogP contribution is 2.46. The van der Waals surface area contributed by atoms with E-state index < -0.39 is 181 Å². The molecule has 1 aliphatic carbocycles. The van der Waals surface area contributed by atoms with E-state index in [1.807, 2.05) is 0 Å². The number of nitrogens with one attached hydrogen (secondary N) is 8. The molecular formula is C60H80FN11O19. The van der Waals surface area contributed by atoms with Gasteiger partial charge in [0.15, 0.2) is 11.4 Å². The molecule has 1 saturated heterocycles. The highest BCUT2D eigenvalue weighted by Gasteiger charge is 2.47. The summed E-state index contributed by atoms with van der Waals surface area (Å²) in [6.07, 6.45) is -6.68. The molecule has 0 bridgehead atoms. The second kappa shape index (κ2) is 29.7. The number of ketones is 1. The van der Waals surface area contributed by atoms with Crippen LogP contribution in [0.25, 0.3) is 22.3 Å². The third-order valence-corrected chi connectivity index (χ3v) is 16.7. The van der Waals surface area contributed by atoms with Crippen LogP contribution in [0.5, 0.6) is 0 Å². The number of rotatable bonds is 30. The van der Waals surface area contributed by atoms with E-state index in [2.05, 4.69) is 42.5 Å². The Morgan fingerprint density at radius 2 is 1.56 bits per heavy atom. The fourth-order valence-corrected chi connectivity index (χ4v) is 11.3. The molecule has 31 heteroatoms. The number of amides is 9. The number of pyridine rings is 2. The Bertz CT molecular complexity index is 3450. The van der Waals surface area contributed by atoms with Crippen molar-refractivity contribution in [1.29, 1.82) is 0 Å². The van der Waals surface area contributed by atoms with Gasteiger partial charge in [-0.15, -0.1) is 0 Å². The molecule has 1 fully saturated rings. The number of hydrogen-bond acceptors (Lipinski definition) is 20. The first-order valence-corrected chi connectivity index (χ1v) is 30.0. The van der Waals surface area contributed by atoms with Gasteiger partial charge in [-0.05, 0) is 82.1 Å². The Morgan fingerprint density at radius 3 is 2.24 bits per heavy atom. The SMILES string of the molecule is CC[C@@]1(O)C(=O)OCc2c1cc1n(c2=O)Cc2c-1nc1cc(F)c(C)c3c1c2[C@@H](NC(=O)C(C)(C)COCNC(=O)[C@H](C)NC(=O)[C@@H](NC(=O)[C@H](CCC(=O)NC[C@H]1O[C@@H](CC(N)=O)[C@H](O)[C@@H]1O)NC(=O)CCNC(=O)CNC(=O)CCC(=O)CO)C(C)C)CC3. The number of aliphatic hydroxyl groups is 4. The first kappa shape index (κ1) is 70.1. The number of carbonyl (C=O) groups excluding carboxylic acids is 11. The number of primary amides is 1. The van der Waals surface area contributed by atoms with Gasteiger partial charge in [0.05, 0.1) is 66.1 Å². The number of Topliss-reactive ketones (excluding diaryl/α,β-unsaturated/α-hetero) is 1. The molecule has 5 heterocycles. The maximum Gasteiger partial charge on any atom is 0.343 e. The summed E-state index contributed by atoms with van der Waals surface area (Å²) in [6.45, 7) is 8.24. The van der Waals surface area contributed by atoms with Crippen molar-refractivity contribution in [2.75, 3.05) is 39.6 Å². The van der Waals surface area contributed by atoms with Gasteiger partial charge >= 0.3 is 5.97 Å². The van der Waals surface area contributed by atoms with Crippen LogP contribution >= 0.6 is 0 Å². The van der Waals surface area contributed by atoms with Crippen molar-refractivity contribution in [2.24, 2.45) is 17.1 Å². The highest BCUT2D eigenvalue weighted by molar-refractivity contribution is 5.96. The molecule has 14 N–H and O–H groups in total. The van der Waals surface area contributed by atoms with Crippen molar-refractivity contribution in [3.05, 3.63) is 61.7 Å². The van der Waals surface area contributed by atoms with Crippen LogP contribution in [0.15, 0.2) is 16.9 Å². The number of hydrogen-bond donors (Lipinski definition) is 13. The lowest BCUT2D eigenvalue weighted by Crippen LogP contribution is -2.58. The van der Waals surface area contributed by atoms with E-state index in [1.54, 1.807) is 47.6 Å². The lowest BCUT2D eigenvalue weighted by Gasteiger charge is -2.32. The van der Waals surface area contributed by atoms with Crippen LogP contribution in [0.3, 0.4) is 0 Å². The molecule has 3 aromatic rings. The Balaban J connectivity index is 0.941. The van der Waals surface area contributed by atoms with Crippen molar-refractivity contribution in [1.82, 2.24) is 52.1 Å². The van der Waals surface area contributed by atoms with E-state index in [0.717, 1.165) is 0 Å². The molecular weight excluding hydrogens is 1200 g/mol. The maximum absolute atomic E-state index is 15.5. The predicted octanol–water partition coefficient (Wildman–Crippen LogP) is -2.90. The van der Waals surface area contributed by atoms with E-state index in [-0.39, 0.29) is 69.7 Å². The van der Waals surface area contributed by atoms with E-state index in [9.17, 15) is 72.9 Å². The van der Waals surface area contributed by atoms with Crippen LogP contribution in [0, 0.1) is 24.1 Å². The molecule has 30 nitrogen and oxygen atoms in total. The summed E-state index contributed by atoms with van der Waals surface area (Å²) in [5.74, 6) is -9.10. The van der Waals surface area contributed by atoms with E-state index >= 15 is 4.39 Å². The highest BCUT2D eigenvalue weighted by atomic mass is 19.1. The van der Waals surface area contributed by atoms with E-state index in [0.29, 0.717) is 57.4 Å². The van der Waals surface area contributed by atoms with Crippen LogP contribution in [0.1, 0.15) is 132 Å². The predicted molar refractivity (Wildman–Crippen MR) is 316 cm³/mol. The first-order valence-electron chi connectivity index (χ1n) is 30.0. The molecule has 9 amide bonds. The molecule has 2 aromatic heterocycles. The second-order valence-electron chi connectivity index (χ2n) is 24.2. The van der Waals surface area contributed by atoms with Crippen molar-refractivity contribution < 1.29 is 91.8 Å². The Hall–Kier alpha value is -8.36. The summed E-state index contributed by atoms with van der Waals surface area (Å²) in [5.41, 5.74) is 4.93. The van der Waals surface area contributed by atoms with Crippen LogP contribution in [-0.2, 0) is 92.1 Å². The minimum Gasteiger partial charge on any atom is -0.458 e. The molecule has 3 aliphatic heterocycles. The average Bonchev–Trinajstić information content (AvgIpc) is 1.87. The molecule has 0 radical (unpaired) electrons. The second-order valence-corrected chi connectivity index (χ2v) is 24.2. The molecule has 7 rings (SSSR count). The van der Waals surface area contributed by atoms with Gasteiger partial charge in [0, 0.05) is 61.4 Å². The zero-order valence-electron chi connectivity index (χ0n) is 51.6. The monoisotopic (exact) mass is 1280 g/mol. The summed E-state index contributed by atoms with van der Waals surface area (Å²) in [4.78, 5) is 161. The molecule has 4 aliphatic rings. The smallest absolute Gasteiger partial charge is 0.343 e. The molecule has 9 atom stereocenters. The Labute approximate surface area is 521 Å². The van der Waals surface area contributed by atoms with Gasteiger partial charge in [0.25, 0.3) is 5.56 Å². The number of nitrogens with zero attached hydrogens (tertiary/aromatic N) is 2. The van der Waals surface area contributed by atoms with Gasteiger partial charge in [0.1, 0.15) is 62.2 Å². The number of fused-ring (bicyclic) bond motifs is 5. The molecule has 91 heavy (non-hydrogen) atoms. The Morgan fingerprint density at radius 1 is 0.857 bits per heavy atom. The van der Waals surface area contributed by atoms with Crippen molar-refractivity contribution >= 4 is 75.8 Å². The lowest BCUT2D eigenvalue weighted by molar-refractivity contribution is -0.172. The Kier molecular flexibility index (Phi) is 22.9. The molecule has 1 aromatic carbocycles. The number of benzene rings is 1. The zero-order chi connectivity index (χ0) is 67.0. The third-order valence-electron chi connectivity index (χ3n) is 16.7. The summed E-state index contributed by atoms with van der Waals surface area (Å²) < 4.78 is 33.5. The molecule has 0 unspecified atom stereocenters.